The third-order valence-corrected chi connectivity index (χ3v) is 5.47. The van der Waals surface area contributed by atoms with Crippen LogP contribution in [0.25, 0.3) is 11.0 Å². The molecule has 0 saturated heterocycles. The van der Waals surface area contributed by atoms with Crippen LogP contribution in [0.3, 0.4) is 0 Å². The summed E-state index contributed by atoms with van der Waals surface area (Å²) in [5.74, 6) is -0.375. The van der Waals surface area contributed by atoms with Gasteiger partial charge in [-0.2, -0.15) is 0 Å². The summed E-state index contributed by atoms with van der Waals surface area (Å²) in [4.78, 5) is 30.4. The average molecular weight is 438 g/mol. The normalized spacial score (nSPS) is 10.9. The van der Waals surface area contributed by atoms with Gasteiger partial charge in [-0.3, -0.25) is 9.59 Å². The molecule has 0 fully saturated rings. The number of carbonyl (C=O) groups excluding carboxylic acids is 2. The van der Waals surface area contributed by atoms with E-state index in [2.05, 4.69) is 10.3 Å². The molecule has 0 aliphatic rings. The maximum absolute atomic E-state index is 13.1. The molecule has 4 aromatic rings. The van der Waals surface area contributed by atoms with E-state index in [1.165, 1.54) is 0 Å². The number of carbonyl (C=O) groups is 2. The minimum absolute atomic E-state index is 0.0683. The number of amides is 1. The van der Waals surface area contributed by atoms with Crippen LogP contribution in [0.15, 0.2) is 66.7 Å². The number of ketones is 1. The van der Waals surface area contributed by atoms with Gasteiger partial charge in [-0.25, -0.2) is 4.98 Å². The lowest BCUT2D eigenvalue weighted by atomic mass is 10.1. The quantitative estimate of drug-likeness (QED) is 0.418. The highest BCUT2D eigenvalue weighted by Crippen LogP contribution is 2.24. The van der Waals surface area contributed by atoms with E-state index >= 15 is 0 Å². The predicted octanol–water partition coefficient (Wildman–Crippen LogP) is 5.52. The molecule has 0 unspecified atom stereocenters. The Morgan fingerprint density at radius 1 is 0.967 bits per heavy atom. The van der Waals surface area contributed by atoms with Gasteiger partial charge in [-0.15, -0.1) is 0 Å². The maximum atomic E-state index is 13.1. The fraction of sp³-hybridized carbons (Fsp3) is 0.0870. The van der Waals surface area contributed by atoms with Crippen molar-refractivity contribution in [3.05, 3.63) is 93.7 Å². The van der Waals surface area contributed by atoms with Gasteiger partial charge in [-0.1, -0.05) is 41.4 Å². The van der Waals surface area contributed by atoms with E-state index in [-0.39, 0.29) is 24.1 Å². The lowest BCUT2D eigenvalue weighted by molar-refractivity contribution is -0.116. The Bertz CT molecular complexity index is 1260. The van der Waals surface area contributed by atoms with E-state index in [4.69, 9.17) is 23.2 Å². The smallest absolute Gasteiger partial charge is 0.244 e. The summed E-state index contributed by atoms with van der Waals surface area (Å²) >= 11 is 12.1. The fourth-order valence-electron chi connectivity index (χ4n) is 3.22. The Balaban J connectivity index is 1.70. The van der Waals surface area contributed by atoms with Gasteiger partial charge in [0.05, 0.1) is 11.0 Å². The predicted molar refractivity (Wildman–Crippen MR) is 119 cm³/mol. The van der Waals surface area contributed by atoms with E-state index in [0.29, 0.717) is 32.3 Å². The summed E-state index contributed by atoms with van der Waals surface area (Å²) in [6, 6.07) is 19.2. The topological polar surface area (TPSA) is 64.0 Å². The number of rotatable bonds is 5. The van der Waals surface area contributed by atoms with Gasteiger partial charge in [0.15, 0.2) is 5.82 Å². The van der Waals surface area contributed by atoms with E-state index in [1.807, 2.05) is 31.2 Å². The number of nitrogens with one attached hydrogen (secondary N) is 1. The van der Waals surface area contributed by atoms with Crippen molar-refractivity contribution in [3.8, 4) is 0 Å². The first-order valence-corrected chi connectivity index (χ1v) is 10.00. The van der Waals surface area contributed by atoms with Crippen LogP contribution >= 0.6 is 23.2 Å². The Kier molecular flexibility index (Phi) is 5.57. The number of benzene rings is 3. The van der Waals surface area contributed by atoms with Crippen LogP contribution in [0.5, 0.6) is 0 Å². The Morgan fingerprint density at radius 3 is 2.47 bits per heavy atom. The van der Waals surface area contributed by atoms with Crippen LogP contribution in [0.2, 0.25) is 10.0 Å². The van der Waals surface area contributed by atoms with Gasteiger partial charge in [0.2, 0.25) is 11.7 Å². The summed E-state index contributed by atoms with van der Waals surface area (Å²) in [6.45, 7) is 1.77. The molecule has 0 aliphatic heterocycles. The molecule has 150 valence electrons. The van der Waals surface area contributed by atoms with Crippen LogP contribution < -0.4 is 5.32 Å². The molecule has 1 N–H and O–H groups in total. The number of fused-ring (bicyclic) bond motifs is 1. The summed E-state index contributed by atoms with van der Waals surface area (Å²) in [6.07, 6.45) is 0. The first-order valence-electron chi connectivity index (χ1n) is 9.24. The molecule has 7 heteroatoms. The second-order valence-corrected chi connectivity index (χ2v) is 7.65. The second-order valence-electron chi connectivity index (χ2n) is 6.81. The van der Waals surface area contributed by atoms with Gasteiger partial charge >= 0.3 is 0 Å². The van der Waals surface area contributed by atoms with Gasteiger partial charge in [0, 0.05) is 21.3 Å². The minimum atomic E-state index is -0.284. The highest BCUT2D eigenvalue weighted by Gasteiger charge is 2.21. The Labute approximate surface area is 183 Å². The molecule has 0 atom stereocenters. The molecule has 4 rings (SSSR count). The molecule has 3 aromatic carbocycles. The van der Waals surface area contributed by atoms with Crippen molar-refractivity contribution in [1.29, 1.82) is 0 Å². The monoisotopic (exact) mass is 437 g/mol. The van der Waals surface area contributed by atoms with Crippen molar-refractivity contribution in [3.63, 3.8) is 0 Å². The number of imidazole rings is 1. The van der Waals surface area contributed by atoms with Crippen molar-refractivity contribution in [2.24, 2.45) is 0 Å². The molecular formula is C23H17Cl2N3O2. The van der Waals surface area contributed by atoms with E-state index in [0.717, 1.165) is 5.56 Å². The Morgan fingerprint density at radius 2 is 1.70 bits per heavy atom. The SMILES string of the molecule is Cc1c(Cl)cccc1NC(=O)Cn1c(C(=O)c2ccc(Cl)cc2)nc2ccccc21. The summed E-state index contributed by atoms with van der Waals surface area (Å²) in [5.41, 5.74) is 3.19. The molecule has 0 radical (unpaired) electrons. The third kappa shape index (κ3) is 3.95. The number of hydrogen-bond donors (Lipinski definition) is 1. The first kappa shape index (κ1) is 20.1. The zero-order valence-corrected chi connectivity index (χ0v) is 17.5. The zero-order valence-electron chi connectivity index (χ0n) is 16.0. The molecule has 1 amide bonds. The highest BCUT2D eigenvalue weighted by atomic mass is 35.5. The number of nitrogens with zero attached hydrogens (tertiary/aromatic N) is 2. The van der Waals surface area contributed by atoms with E-state index in [9.17, 15) is 9.59 Å². The molecule has 5 nitrogen and oxygen atoms in total. The molecule has 0 bridgehead atoms. The van der Waals surface area contributed by atoms with Crippen molar-refractivity contribution in [1.82, 2.24) is 9.55 Å². The molecular weight excluding hydrogens is 421 g/mol. The molecule has 1 aromatic heterocycles. The van der Waals surface area contributed by atoms with Crippen LogP contribution in [0.1, 0.15) is 21.7 Å². The Hall–Kier alpha value is -3.15. The van der Waals surface area contributed by atoms with E-state index in [1.54, 1.807) is 47.0 Å². The molecule has 0 spiro atoms. The standard InChI is InChI=1S/C23H17Cl2N3O2/c1-14-17(25)5-4-7-18(14)26-21(29)13-28-20-8-3-2-6-19(20)27-23(28)22(30)15-9-11-16(24)12-10-15/h2-12H,13H2,1H3,(H,26,29). The van der Waals surface area contributed by atoms with Crippen molar-refractivity contribution < 1.29 is 9.59 Å². The number of para-hydroxylation sites is 2. The van der Waals surface area contributed by atoms with Crippen LogP contribution in [-0.4, -0.2) is 21.2 Å². The largest absolute Gasteiger partial charge is 0.324 e. The second kappa shape index (κ2) is 8.30. The summed E-state index contributed by atoms with van der Waals surface area (Å²) in [7, 11) is 0. The summed E-state index contributed by atoms with van der Waals surface area (Å²) < 4.78 is 1.63. The minimum Gasteiger partial charge on any atom is -0.324 e. The molecule has 1 heterocycles. The van der Waals surface area contributed by atoms with Gasteiger partial charge in [0.1, 0.15) is 6.54 Å². The highest BCUT2D eigenvalue weighted by molar-refractivity contribution is 6.31. The maximum Gasteiger partial charge on any atom is 0.244 e. The number of anilines is 1. The first-order chi connectivity index (χ1) is 14.4. The lowest BCUT2D eigenvalue weighted by Crippen LogP contribution is -2.22. The molecule has 0 saturated carbocycles. The van der Waals surface area contributed by atoms with Crippen LogP contribution in [0.4, 0.5) is 5.69 Å². The lowest BCUT2D eigenvalue weighted by Gasteiger charge is -2.12. The van der Waals surface area contributed by atoms with Crippen molar-refractivity contribution in [2.45, 2.75) is 13.5 Å². The zero-order chi connectivity index (χ0) is 21.3. The van der Waals surface area contributed by atoms with Gasteiger partial charge in [-0.05, 0) is 61.0 Å². The van der Waals surface area contributed by atoms with E-state index < -0.39 is 0 Å². The third-order valence-electron chi connectivity index (χ3n) is 4.81. The molecule has 0 aliphatic carbocycles. The number of aromatic nitrogens is 2. The fourth-order valence-corrected chi connectivity index (χ4v) is 3.52. The summed E-state index contributed by atoms with van der Waals surface area (Å²) in [5, 5.41) is 3.97. The van der Waals surface area contributed by atoms with Crippen molar-refractivity contribution in [2.75, 3.05) is 5.32 Å². The van der Waals surface area contributed by atoms with Gasteiger partial charge < -0.3 is 9.88 Å². The van der Waals surface area contributed by atoms with Gasteiger partial charge in [0.25, 0.3) is 0 Å². The number of hydrogen-bond acceptors (Lipinski definition) is 3. The number of halogens is 2. The average Bonchev–Trinajstić information content (AvgIpc) is 3.10. The van der Waals surface area contributed by atoms with Crippen molar-refractivity contribution >= 4 is 51.6 Å². The van der Waals surface area contributed by atoms with Crippen LogP contribution in [0, 0.1) is 6.92 Å². The molecule has 30 heavy (non-hydrogen) atoms. The van der Waals surface area contributed by atoms with Crippen LogP contribution in [-0.2, 0) is 11.3 Å².